The van der Waals surface area contributed by atoms with Gasteiger partial charge in [0.15, 0.2) is 5.13 Å². The fraction of sp³-hybridized carbons (Fsp3) is 0.750. The van der Waals surface area contributed by atoms with E-state index in [2.05, 4.69) is 23.7 Å². The average Bonchev–Trinajstić information content (AvgIpc) is 2.68. The van der Waals surface area contributed by atoms with Gasteiger partial charge < -0.3 is 15.4 Å². The van der Waals surface area contributed by atoms with Crippen molar-refractivity contribution < 1.29 is 4.74 Å². The van der Waals surface area contributed by atoms with Crippen LogP contribution in [0.25, 0.3) is 0 Å². The van der Waals surface area contributed by atoms with Crippen molar-refractivity contribution in [2.45, 2.75) is 20.3 Å². The molecular formula is C12H23N3OS. The molecule has 0 bridgehead atoms. The van der Waals surface area contributed by atoms with E-state index in [9.17, 15) is 0 Å². The van der Waals surface area contributed by atoms with Crippen molar-refractivity contribution in [3.05, 3.63) is 11.1 Å². The van der Waals surface area contributed by atoms with E-state index in [0.29, 0.717) is 11.0 Å². The number of nitrogens with zero attached hydrogens (tertiary/aromatic N) is 2. The number of anilines is 1. The lowest BCUT2D eigenvalue weighted by atomic mass is 10.2. The molecule has 98 valence electrons. The highest BCUT2D eigenvalue weighted by atomic mass is 32.1. The normalized spacial score (nSPS) is 11.6. The van der Waals surface area contributed by atoms with Gasteiger partial charge in [-0.25, -0.2) is 4.98 Å². The summed E-state index contributed by atoms with van der Waals surface area (Å²) in [7, 11) is 1.74. The quantitative estimate of drug-likeness (QED) is 0.772. The number of aromatic nitrogens is 1. The molecule has 5 heteroatoms. The molecule has 0 saturated heterocycles. The van der Waals surface area contributed by atoms with E-state index in [1.54, 1.807) is 7.11 Å². The van der Waals surface area contributed by atoms with Crippen molar-refractivity contribution in [3.8, 4) is 0 Å². The molecule has 17 heavy (non-hydrogen) atoms. The van der Waals surface area contributed by atoms with Crippen LogP contribution in [0.2, 0.25) is 0 Å². The summed E-state index contributed by atoms with van der Waals surface area (Å²) < 4.78 is 5.13. The van der Waals surface area contributed by atoms with Crippen LogP contribution in [-0.4, -0.2) is 43.2 Å². The molecule has 0 fully saturated rings. The van der Waals surface area contributed by atoms with Crippen molar-refractivity contribution in [1.29, 1.82) is 0 Å². The van der Waals surface area contributed by atoms with Gasteiger partial charge >= 0.3 is 0 Å². The Morgan fingerprint density at radius 3 is 2.76 bits per heavy atom. The molecule has 2 N–H and O–H groups in total. The molecule has 0 spiro atoms. The minimum atomic E-state index is 0.660. The van der Waals surface area contributed by atoms with Crippen molar-refractivity contribution >= 4 is 16.5 Å². The van der Waals surface area contributed by atoms with Crippen molar-refractivity contribution in [2.24, 2.45) is 5.92 Å². The van der Waals surface area contributed by atoms with Crippen LogP contribution in [0.3, 0.4) is 0 Å². The van der Waals surface area contributed by atoms with Crippen LogP contribution in [0, 0.1) is 5.92 Å². The summed E-state index contributed by atoms with van der Waals surface area (Å²) in [5.41, 5.74) is 6.72. The van der Waals surface area contributed by atoms with Crippen LogP contribution in [0.5, 0.6) is 0 Å². The Balaban J connectivity index is 2.36. The average molecular weight is 257 g/mol. The Labute approximate surface area is 108 Å². The Kier molecular flexibility index (Phi) is 6.47. The van der Waals surface area contributed by atoms with Crippen LogP contribution in [0.1, 0.15) is 19.5 Å². The second-order valence-electron chi connectivity index (χ2n) is 4.61. The number of hydrogen-bond donors (Lipinski definition) is 1. The highest BCUT2D eigenvalue weighted by molar-refractivity contribution is 7.13. The SMILES string of the molecule is COCCN(CCc1csc(N)n1)CC(C)C. The first-order valence-corrected chi connectivity index (χ1v) is 6.91. The standard InChI is InChI=1S/C12H23N3OS/c1-10(2)8-15(6-7-16-3)5-4-11-9-17-12(13)14-11/h9-10H,4-8H2,1-3H3,(H2,13,14). The molecule has 1 aromatic heterocycles. The summed E-state index contributed by atoms with van der Waals surface area (Å²) in [6.07, 6.45) is 0.962. The molecule has 4 nitrogen and oxygen atoms in total. The Hall–Kier alpha value is -0.650. The first kappa shape index (κ1) is 14.4. The molecule has 1 aromatic rings. The summed E-state index contributed by atoms with van der Waals surface area (Å²) in [5.74, 6) is 0.673. The van der Waals surface area contributed by atoms with Gasteiger partial charge in [-0.3, -0.25) is 0 Å². The smallest absolute Gasteiger partial charge is 0.180 e. The molecule has 0 saturated carbocycles. The fourth-order valence-corrected chi connectivity index (χ4v) is 2.34. The second kappa shape index (κ2) is 7.63. The van der Waals surface area contributed by atoms with Crippen molar-refractivity contribution in [3.63, 3.8) is 0 Å². The molecule has 1 rings (SSSR count). The molecule has 0 aliphatic carbocycles. The number of methoxy groups -OCH3 is 1. The molecule has 0 unspecified atom stereocenters. The molecule has 1 heterocycles. The molecule has 0 amide bonds. The molecular weight excluding hydrogens is 234 g/mol. The number of rotatable bonds is 8. The third-order valence-corrected chi connectivity index (χ3v) is 3.21. The molecule has 0 aliphatic heterocycles. The van der Waals surface area contributed by atoms with Gasteiger partial charge in [0.2, 0.25) is 0 Å². The first-order chi connectivity index (χ1) is 8.11. The fourth-order valence-electron chi connectivity index (χ4n) is 1.74. The first-order valence-electron chi connectivity index (χ1n) is 6.03. The predicted molar refractivity (Wildman–Crippen MR) is 73.4 cm³/mol. The third-order valence-electron chi connectivity index (χ3n) is 2.49. The van der Waals surface area contributed by atoms with Crippen LogP contribution in [-0.2, 0) is 11.2 Å². The second-order valence-corrected chi connectivity index (χ2v) is 5.50. The van der Waals surface area contributed by atoms with Gasteiger partial charge in [-0.2, -0.15) is 0 Å². The molecule has 0 aliphatic rings. The maximum absolute atomic E-state index is 5.62. The summed E-state index contributed by atoms with van der Waals surface area (Å²) in [6.45, 7) is 8.36. The Morgan fingerprint density at radius 2 is 2.24 bits per heavy atom. The number of nitrogens with two attached hydrogens (primary N) is 1. The van der Waals surface area contributed by atoms with Gasteiger partial charge in [0, 0.05) is 38.5 Å². The highest BCUT2D eigenvalue weighted by Crippen LogP contribution is 2.12. The van der Waals surface area contributed by atoms with Gasteiger partial charge in [0.25, 0.3) is 0 Å². The summed E-state index contributed by atoms with van der Waals surface area (Å²) in [4.78, 5) is 6.70. The minimum absolute atomic E-state index is 0.660. The van der Waals surface area contributed by atoms with E-state index in [4.69, 9.17) is 10.5 Å². The van der Waals surface area contributed by atoms with E-state index in [0.717, 1.165) is 38.4 Å². The number of nitrogen functional groups attached to an aromatic ring is 1. The van der Waals surface area contributed by atoms with Gasteiger partial charge in [0.1, 0.15) is 0 Å². The zero-order chi connectivity index (χ0) is 12.7. The number of ether oxygens (including phenoxy) is 1. The summed E-state index contributed by atoms with van der Waals surface area (Å²) in [5, 5.41) is 2.70. The lowest BCUT2D eigenvalue weighted by Crippen LogP contribution is -2.32. The molecule has 0 radical (unpaired) electrons. The third kappa shape index (κ3) is 6.00. The van der Waals surface area contributed by atoms with E-state index in [-0.39, 0.29) is 0 Å². The van der Waals surface area contributed by atoms with Gasteiger partial charge in [0.05, 0.1) is 12.3 Å². The van der Waals surface area contributed by atoms with E-state index in [1.165, 1.54) is 11.3 Å². The molecule has 0 aromatic carbocycles. The lowest BCUT2D eigenvalue weighted by molar-refractivity contribution is 0.140. The van der Waals surface area contributed by atoms with E-state index >= 15 is 0 Å². The lowest BCUT2D eigenvalue weighted by Gasteiger charge is -2.23. The summed E-state index contributed by atoms with van der Waals surface area (Å²) >= 11 is 1.51. The summed E-state index contributed by atoms with van der Waals surface area (Å²) in [6, 6.07) is 0. The topological polar surface area (TPSA) is 51.4 Å². The van der Waals surface area contributed by atoms with Crippen LogP contribution < -0.4 is 5.73 Å². The van der Waals surface area contributed by atoms with Crippen LogP contribution in [0.4, 0.5) is 5.13 Å². The van der Waals surface area contributed by atoms with Crippen LogP contribution >= 0.6 is 11.3 Å². The Morgan fingerprint density at radius 1 is 1.47 bits per heavy atom. The van der Waals surface area contributed by atoms with Crippen molar-refractivity contribution in [1.82, 2.24) is 9.88 Å². The van der Waals surface area contributed by atoms with Crippen molar-refractivity contribution in [2.75, 3.05) is 39.1 Å². The zero-order valence-electron chi connectivity index (χ0n) is 11.0. The van der Waals surface area contributed by atoms with Gasteiger partial charge in [-0.05, 0) is 5.92 Å². The maximum Gasteiger partial charge on any atom is 0.180 e. The highest BCUT2D eigenvalue weighted by Gasteiger charge is 2.08. The Bertz CT molecular complexity index is 314. The minimum Gasteiger partial charge on any atom is -0.383 e. The monoisotopic (exact) mass is 257 g/mol. The van der Waals surface area contributed by atoms with E-state index in [1.807, 2.05) is 5.38 Å². The molecule has 0 atom stereocenters. The number of thiazole rings is 1. The van der Waals surface area contributed by atoms with Crippen LogP contribution in [0.15, 0.2) is 5.38 Å². The number of hydrogen-bond acceptors (Lipinski definition) is 5. The predicted octanol–water partition coefficient (Wildman–Crippen LogP) is 1.87. The zero-order valence-corrected chi connectivity index (χ0v) is 11.8. The van der Waals surface area contributed by atoms with E-state index < -0.39 is 0 Å². The maximum atomic E-state index is 5.62. The largest absolute Gasteiger partial charge is 0.383 e. The van der Waals surface area contributed by atoms with Gasteiger partial charge in [-0.1, -0.05) is 13.8 Å². The van der Waals surface area contributed by atoms with Gasteiger partial charge in [-0.15, -0.1) is 11.3 Å².